The van der Waals surface area contributed by atoms with E-state index < -0.39 is 0 Å². The van der Waals surface area contributed by atoms with E-state index in [0.717, 1.165) is 17.5 Å². The summed E-state index contributed by atoms with van der Waals surface area (Å²) in [6.45, 7) is 4.85. The number of aromatic nitrogens is 1. The van der Waals surface area contributed by atoms with Crippen LogP contribution in [0, 0.1) is 0 Å². The fourth-order valence-electron chi connectivity index (χ4n) is 2.24. The molecule has 0 spiro atoms. The third-order valence-electron chi connectivity index (χ3n) is 3.28. The highest BCUT2D eigenvalue weighted by atomic mass is 32.2. The maximum absolute atomic E-state index is 5.61. The number of nitrogen functional groups attached to an aromatic ring is 1. The Hall–Kier alpha value is -0.260. The first-order valence-electron chi connectivity index (χ1n) is 6.27. The van der Waals surface area contributed by atoms with Gasteiger partial charge < -0.3 is 5.73 Å². The molecule has 1 unspecified atom stereocenters. The minimum absolute atomic E-state index is 0.685. The monoisotopic (exact) mass is 271 g/mol. The Labute approximate surface area is 112 Å². The van der Waals surface area contributed by atoms with Crippen LogP contribution in [0.15, 0.2) is 5.38 Å². The van der Waals surface area contributed by atoms with E-state index in [1.807, 2.05) is 11.8 Å². The molecule has 1 aromatic heterocycles. The fraction of sp³-hybridized carbons (Fsp3) is 0.750. The Bertz CT molecular complexity index is 340. The average molecular weight is 271 g/mol. The highest BCUT2D eigenvalue weighted by Crippen LogP contribution is 2.19. The largest absolute Gasteiger partial charge is 0.375 e. The summed E-state index contributed by atoms with van der Waals surface area (Å²) in [7, 11) is 0. The summed E-state index contributed by atoms with van der Waals surface area (Å²) in [5.74, 6) is 2.19. The third-order valence-corrected chi connectivity index (χ3v) is 4.98. The normalized spacial score (nSPS) is 21.8. The number of likely N-dealkylation sites (tertiary alicyclic amines) is 1. The van der Waals surface area contributed by atoms with Crippen LogP contribution in [0.25, 0.3) is 0 Å². The Kier molecular flexibility index (Phi) is 5.13. The highest BCUT2D eigenvalue weighted by molar-refractivity contribution is 7.98. The fourth-order valence-corrected chi connectivity index (χ4v) is 3.77. The van der Waals surface area contributed by atoms with Crippen molar-refractivity contribution < 1.29 is 0 Å². The summed E-state index contributed by atoms with van der Waals surface area (Å²) in [5, 5.41) is 2.75. The summed E-state index contributed by atoms with van der Waals surface area (Å²) in [5.41, 5.74) is 6.74. The molecule has 0 bridgehead atoms. The topological polar surface area (TPSA) is 42.1 Å². The minimum atomic E-state index is 0.685. The average Bonchev–Trinajstić information content (AvgIpc) is 2.73. The van der Waals surface area contributed by atoms with Crippen molar-refractivity contribution in [1.29, 1.82) is 0 Å². The van der Waals surface area contributed by atoms with Gasteiger partial charge in [-0.15, -0.1) is 11.3 Å². The first kappa shape index (κ1) is 13.2. The van der Waals surface area contributed by atoms with Crippen molar-refractivity contribution >= 4 is 28.2 Å². The van der Waals surface area contributed by atoms with Gasteiger partial charge in [-0.1, -0.05) is 6.42 Å². The molecule has 5 heteroatoms. The van der Waals surface area contributed by atoms with Crippen molar-refractivity contribution in [2.24, 2.45) is 0 Å². The Balaban J connectivity index is 1.62. The zero-order valence-corrected chi connectivity index (χ0v) is 12.0. The van der Waals surface area contributed by atoms with Gasteiger partial charge in [0.25, 0.3) is 0 Å². The lowest BCUT2D eigenvalue weighted by molar-refractivity contribution is 0.171. The van der Waals surface area contributed by atoms with Gasteiger partial charge in [-0.25, -0.2) is 4.98 Å². The van der Waals surface area contributed by atoms with E-state index in [0.29, 0.717) is 5.13 Å². The van der Waals surface area contributed by atoms with Crippen LogP contribution in [-0.2, 0) is 5.75 Å². The van der Waals surface area contributed by atoms with Crippen molar-refractivity contribution in [2.45, 2.75) is 38.0 Å². The molecule has 0 radical (unpaired) electrons. The molecule has 1 saturated heterocycles. The van der Waals surface area contributed by atoms with Crippen LogP contribution >= 0.6 is 23.1 Å². The SMILES string of the molecule is CC1CCCCN1CCSCc1csc(N)n1. The number of nitrogens with two attached hydrogens (primary N) is 1. The third kappa shape index (κ3) is 4.16. The molecule has 1 fully saturated rings. The molecule has 96 valence electrons. The van der Waals surface area contributed by atoms with Crippen LogP contribution in [0.3, 0.4) is 0 Å². The number of nitrogens with zero attached hydrogens (tertiary/aromatic N) is 2. The quantitative estimate of drug-likeness (QED) is 0.836. The van der Waals surface area contributed by atoms with Gasteiger partial charge in [0.05, 0.1) is 5.69 Å². The summed E-state index contributed by atoms with van der Waals surface area (Å²) in [4.78, 5) is 6.89. The number of hydrogen-bond acceptors (Lipinski definition) is 5. The van der Waals surface area contributed by atoms with E-state index in [-0.39, 0.29) is 0 Å². The second-order valence-corrected chi connectivity index (χ2v) is 6.61. The van der Waals surface area contributed by atoms with E-state index in [1.54, 1.807) is 0 Å². The van der Waals surface area contributed by atoms with Gasteiger partial charge >= 0.3 is 0 Å². The number of hydrogen-bond donors (Lipinski definition) is 1. The molecule has 3 nitrogen and oxygen atoms in total. The van der Waals surface area contributed by atoms with Crippen molar-refractivity contribution in [3.05, 3.63) is 11.1 Å². The van der Waals surface area contributed by atoms with Crippen molar-refractivity contribution in [2.75, 3.05) is 24.6 Å². The van der Waals surface area contributed by atoms with Gasteiger partial charge in [-0.2, -0.15) is 11.8 Å². The smallest absolute Gasteiger partial charge is 0.180 e. The number of piperidine rings is 1. The standard InChI is InChI=1S/C12H21N3S2/c1-10-4-2-3-5-15(10)6-7-16-8-11-9-17-12(13)14-11/h9-10H,2-8H2,1H3,(H2,13,14). The van der Waals surface area contributed by atoms with Gasteiger partial charge in [0.1, 0.15) is 0 Å². The van der Waals surface area contributed by atoms with Gasteiger partial charge in [0.2, 0.25) is 0 Å². The van der Waals surface area contributed by atoms with E-state index >= 15 is 0 Å². The maximum atomic E-state index is 5.61. The molecular formula is C12H21N3S2. The molecule has 17 heavy (non-hydrogen) atoms. The second kappa shape index (κ2) is 6.61. The van der Waals surface area contributed by atoms with Crippen molar-refractivity contribution in [3.63, 3.8) is 0 Å². The van der Waals surface area contributed by atoms with Crippen LogP contribution in [-0.4, -0.2) is 34.8 Å². The lowest BCUT2D eigenvalue weighted by Gasteiger charge is -2.33. The minimum Gasteiger partial charge on any atom is -0.375 e. The van der Waals surface area contributed by atoms with Crippen LogP contribution in [0.5, 0.6) is 0 Å². The predicted molar refractivity (Wildman–Crippen MR) is 77.6 cm³/mol. The molecule has 0 saturated carbocycles. The summed E-state index contributed by atoms with van der Waals surface area (Å²) < 4.78 is 0. The summed E-state index contributed by atoms with van der Waals surface area (Å²) in [6.07, 6.45) is 4.15. The predicted octanol–water partition coefficient (Wildman–Crippen LogP) is 2.83. The van der Waals surface area contributed by atoms with Crippen LogP contribution in [0.1, 0.15) is 31.9 Å². The maximum Gasteiger partial charge on any atom is 0.180 e. The Morgan fingerprint density at radius 3 is 3.18 bits per heavy atom. The molecule has 2 N–H and O–H groups in total. The molecule has 1 aromatic rings. The zero-order chi connectivity index (χ0) is 12.1. The summed E-state index contributed by atoms with van der Waals surface area (Å²) in [6, 6.07) is 0.777. The Morgan fingerprint density at radius 1 is 1.59 bits per heavy atom. The summed E-state index contributed by atoms with van der Waals surface area (Å²) >= 11 is 3.50. The first-order chi connectivity index (χ1) is 8.25. The second-order valence-electron chi connectivity index (χ2n) is 4.61. The van der Waals surface area contributed by atoms with E-state index in [1.165, 1.54) is 49.4 Å². The molecule has 0 aliphatic carbocycles. The van der Waals surface area contributed by atoms with Gasteiger partial charge in [0.15, 0.2) is 5.13 Å². The van der Waals surface area contributed by atoms with Gasteiger partial charge in [0, 0.05) is 29.5 Å². The van der Waals surface area contributed by atoms with Gasteiger partial charge in [-0.3, -0.25) is 4.90 Å². The molecule has 0 aromatic carbocycles. The van der Waals surface area contributed by atoms with Crippen LogP contribution in [0.4, 0.5) is 5.13 Å². The number of thiazole rings is 1. The van der Waals surface area contributed by atoms with Crippen molar-refractivity contribution in [3.8, 4) is 0 Å². The molecule has 1 aliphatic rings. The lowest BCUT2D eigenvalue weighted by atomic mass is 10.0. The van der Waals surface area contributed by atoms with Crippen molar-refractivity contribution in [1.82, 2.24) is 9.88 Å². The highest BCUT2D eigenvalue weighted by Gasteiger charge is 2.17. The number of thioether (sulfide) groups is 1. The van der Waals surface area contributed by atoms with Crippen LogP contribution in [0.2, 0.25) is 0 Å². The van der Waals surface area contributed by atoms with Crippen LogP contribution < -0.4 is 5.73 Å². The van der Waals surface area contributed by atoms with E-state index in [2.05, 4.69) is 22.2 Å². The lowest BCUT2D eigenvalue weighted by Crippen LogP contribution is -2.38. The molecule has 1 aliphatic heterocycles. The molecule has 1 atom stereocenters. The molecule has 2 rings (SSSR count). The first-order valence-corrected chi connectivity index (χ1v) is 8.31. The molecule has 0 amide bonds. The van der Waals surface area contributed by atoms with E-state index in [9.17, 15) is 0 Å². The van der Waals surface area contributed by atoms with Gasteiger partial charge in [-0.05, 0) is 26.3 Å². The zero-order valence-electron chi connectivity index (χ0n) is 10.4. The molecule has 2 heterocycles. The number of rotatable bonds is 5. The van der Waals surface area contributed by atoms with E-state index in [4.69, 9.17) is 5.73 Å². The Morgan fingerprint density at radius 2 is 2.47 bits per heavy atom. The number of anilines is 1. The molecular weight excluding hydrogens is 250 g/mol.